The molecule has 158 valence electrons. The second-order valence-corrected chi connectivity index (χ2v) is 5.79. The van der Waals surface area contributed by atoms with Crippen LogP contribution in [0.4, 0.5) is 4.39 Å². The van der Waals surface area contributed by atoms with Gasteiger partial charge in [0.1, 0.15) is 18.2 Å². The molecule has 0 aliphatic heterocycles. The van der Waals surface area contributed by atoms with Crippen LogP contribution in [0.3, 0.4) is 0 Å². The number of halogens is 1. The molecule has 0 amide bonds. The van der Waals surface area contributed by atoms with Crippen molar-refractivity contribution in [3.8, 4) is 5.75 Å². The number of aryl methyl sites for hydroxylation is 1. The van der Waals surface area contributed by atoms with E-state index in [1.165, 1.54) is 12.5 Å². The number of ether oxygens (including phenoxy) is 1. The zero-order valence-electron chi connectivity index (χ0n) is 18.7. The van der Waals surface area contributed by atoms with Crippen LogP contribution in [-0.2, 0) is 11.2 Å². The molecule has 0 aliphatic carbocycles. The fourth-order valence-corrected chi connectivity index (χ4v) is 2.55. The number of hydrogen-bond donors (Lipinski definition) is 0. The number of rotatable bonds is 6. The number of benzene rings is 2. The highest BCUT2D eigenvalue weighted by Crippen LogP contribution is 2.28. The third kappa shape index (κ3) is 12.3. The number of methoxy groups -OCH3 is 1. The van der Waals surface area contributed by atoms with Gasteiger partial charge in [-0.25, -0.2) is 4.39 Å². The van der Waals surface area contributed by atoms with E-state index in [2.05, 4.69) is 31.2 Å². The summed E-state index contributed by atoms with van der Waals surface area (Å²) in [4.78, 5) is 8.81. The standard InChI is InChI=1S/C13H19FO.C8H10.C2H4O.C2H6/c1-4-12(13(14)5-2)10-6-8-11(15-3)9-7-10;1-2-8-6-4-3-5-7-8;1-2-3;1-2/h6-9,12-13H,4-5H2,1-3H3;3-7H,2H2,1H3;2H,1H3;1-2H3. The predicted molar refractivity (Wildman–Crippen MR) is 120 cm³/mol. The van der Waals surface area contributed by atoms with Crippen molar-refractivity contribution in [2.75, 3.05) is 7.11 Å². The van der Waals surface area contributed by atoms with Crippen molar-refractivity contribution >= 4 is 6.29 Å². The summed E-state index contributed by atoms with van der Waals surface area (Å²) >= 11 is 0. The maximum absolute atomic E-state index is 13.6. The molecule has 2 unspecified atom stereocenters. The van der Waals surface area contributed by atoms with E-state index in [4.69, 9.17) is 9.53 Å². The molecule has 2 aromatic rings. The first-order chi connectivity index (χ1) is 13.6. The molecular weight excluding hydrogens is 351 g/mol. The van der Waals surface area contributed by atoms with E-state index in [1.54, 1.807) is 7.11 Å². The van der Waals surface area contributed by atoms with Gasteiger partial charge in [-0.2, -0.15) is 0 Å². The molecular formula is C25H39FO2. The quantitative estimate of drug-likeness (QED) is 0.480. The molecule has 0 aromatic heterocycles. The summed E-state index contributed by atoms with van der Waals surface area (Å²) in [5, 5.41) is 0. The fourth-order valence-electron chi connectivity index (χ4n) is 2.55. The lowest BCUT2D eigenvalue weighted by Crippen LogP contribution is -2.12. The first-order valence-corrected chi connectivity index (χ1v) is 10.3. The third-order valence-corrected chi connectivity index (χ3v) is 4.06. The SMILES string of the molecule is CC.CC=O.CCC(F)C(CC)c1ccc(OC)cc1.CCc1ccccc1. The average Bonchev–Trinajstić information content (AvgIpc) is 2.77. The highest BCUT2D eigenvalue weighted by atomic mass is 19.1. The molecule has 0 aliphatic rings. The Balaban J connectivity index is 0. The van der Waals surface area contributed by atoms with Crippen LogP contribution in [0.5, 0.6) is 5.75 Å². The summed E-state index contributed by atoms with van der Waals surface area (Å²) in [6.45, 7) is 11.5. The van der Waals surface area contributed by atoms with Gasteiger partial charge in [0.2, 0.25) is 0 Å². The van der Waals surface area contributed by atoms with Crippen molar-refractivity contribution < 1.29 is 13.9 Å². The summed E-state index contributed by atoms with van der Waals surface area (Å²) in [6, 6.07) is 18.1. The van der Waals surface area contributed by atoms with E-state index in [9.17, 15) is 4.39 Å². The Labute approximate surface area is 172 Å². The van der Waals surface area contributed by atoms with Gasteiger partial charge >= 0.3 is 0 Å². The van der Waals surface area contributed by atoms with Crippen molar-refractivity contribution in [1.82, 2.24) is 0 Å². The highest BCUT2D eigenvalue weighted by Gasteiger charge is 2.19. The van der Waals surface area contributed by atoms with Crippen LogP contribution in [0.1, 0.15) is 71.4 Å². The van der Waals surface area contributed by atoms with Crippen molar-refractivity contribution in [3.63, 3.8) is 0 Å². The van der Waals surface area contributed by atoms with Gasteiger partial charge in [-0.15, -0.1) is 0 Å². The molecule has 0 heterocycles. The molecule has 2 atom stereocenters. The normalized spacial score (nSPS) is 11.1. The van der Waals surface area contributed by atoms with Gasteiger partial charge in [0, 0.05) is 5.92 Å². The van der Waals surface area contributed by atoms with Crippen LogP contribution in [0.15, 0.2) is 54.6 Å². The Morgan fingerprint density at radius 3 is 1.75 bits per heavy atom. The smallest absolute Gasteiger partial charge is 0.118 e. The van der Waals surface area contributed by atoms with Gasteiger partial charge < -0.3 is 9.53 Å². The summed E-state index contributed by atoms with van der Waals surface area (Å²) in [7, 11) is 1.64. The Bertz CT molecular complexity index is 567. The Morgan fingerprint density at radius 2 is 1.43 bits per heavy atom. The molecule has 28 heavy (non-hydrogen) atoms. The van der Waals surface area contributed by atoms with E-state index in [0.717, 1.165) is 30.4 Å². The lowest BCUT2D eigenvalue weighted by molar-refractivity contribution is -0.106. The number of alkyl halides is 1. The summed E-state index contributed by atoms with van der Waals surface area (Å²) in [5.41, 5.74) is 2.47. The monoisotopic (exact) mass is 390 g/mol. The van der Waals surface area contributed by atoms with Gasteiger partial charge in [0.25, 0.3) is 0 Å². The largest absolute Gasteiger partial charge is 0.497 e. The molecule has 2 rings (SSSR count). The maximum atomic E-state index is 13.6. The van der Waals surface area contributed by atoms with Crippen LogP contribution in [0.2, 0.25) is 0 Å². The first-order valence-electron chi connectivity index (χ1n) is 10.3. The summed E-state index contributed by atoms with van der Waals surface area (Å²) in [6.07, 6.45) is 2.55. The third-order valence-electron chi connectivity index (χ3n) is 4.06. The van der Waals surface area contributed by atoms with Gasteiger partial charge in [0.15, 0.2) is 0 Å². The van der Waals surface area contributed by atoms with Crippen molar-refractivity contribution in [1.29, 1.82) is 0 Å². The Hall–Kier alpha value is -2.16. The zero-order valence-corrected chi connectivity index (χ0v) is 18.7. The number of carbonyl (C=O) groups is 1. The molecule has 0 saturated heterocycles. The van der Waals surface area contributed by atoms with Crippen LogP contribution in [-0.4, -0.2) is 19.6 Å². The van der Waals surface area contributed by atoms with E-state index >= 15 is 0 Å². The van der Waals surface area contributed by atoms with Crippen molar-refractivity contribution in [3.05, 3.63) is 65.7 Å². The van der Waals surface area contributed by atoms with E-state index in [1.807, 2.05) is 58.0 Å². The minimum atomic E-state index is -0.747. The molecule has 0 saturated carbocycles. The molecule has 3 heteroatoms. The van der Waals surface area contributed by atoms with Gasteiger partial charge in [-0.1, -0.05) is 77.1 Å². The summed E-state index contributed by atoms with van der Waals surface area (Å²) in [5.74, 6) is 0.835. The second-order valence-electron chi connectivity index (χ2n) is 5.79. The lowest BCUT2D eigenvalue weighted by atomic mass is 9.90. The zero-order chi connectivity index (χ0) is 21.8. The van der Waals surface area contributed by atoms with E-state index in [0.29, 0.717) is 6.42 Å². The fraction of sp³-hybridized carbons (Fsp3) is 0.480. The minimum absolute atomic E-state index is 0.0147. The van der Waals surface area contributed by atoms with Crippen LogP contribution < -0.4 is 4.74 Å². The molecule has 0 N–H and O–H groups in total. The van der Waals surface area contributed by atoms with Crippen LogP contribution in [0, 0.1) is 0 Å². The van der Waals surface area contributed by atoms with Crippen molar-refractivity contribution in [2.24, 2.45) is 0 Å². The first kappa shape index (κ1) is 28.1. The number of carbonyl (C=O) groups excluding carboxylic acids is 1. The Morgan fingerprint density at radius 1 is 0.929 bits per heavy atom. The lowest BCUT2D eigenvalue weighted by Gasteiger charge is -2.19. The van der Waals surface area contributed by atoms with Gasteiger partial charge in [-0.3, -0.25) is 0 Å². The molecule has 0 bridgehead atoms. The topological polar surface area (TPSA) is 26.3 Å². The number of hydrogen-bond acceptors (Lipinski definition) is 2. The maximum Gasteiger partial charge on any atom is 0.118 e. The van der Waals surface area contributed by atoms with E-state index < -0.39 is 6.17 Å². The summed E-state index contributed by atoms with van der Waals surface area (Å²) < 4.78 is 18.7. The second kappa shape index (κ2) is 19.6. The molecule has 0 radical (unpaired) electrons. The highest BCUT2D eigenvalue weighted by molar-refractivity contribution is 5.44. The number of aldehydes is 1. The predicted octanol–water partition coefficient (Wildman–Crippen LogP) is 7.42. The van der Waals surface area contributed by atoms with E-state index in [-0.39, 0.29) is 5.92 Å². The van der Waals surface area contributed by atoms with Crippen LogP contribution in [0.25, 0.3) is 0 Å². The van der Waals surface area contributed by atoms with Crippen LogP contribution >= 0.6 is 0 Å². The van der Waals surface area contributed by atoms with Crippen molar-refractivity contribution in [2.45, 2.75) is 72.9 Å². The molecule has 2 aromatic carbocycles. The minimum Gasteiger partial charge on any atom is -0.497 e. The Kier molecular flexibility index (Phi) is 19.6. The van der Waals surface area contributed by atoms with Gasteiger partial charge in [-0.05, 0) is 49.4 Å². The molecule has 2 nitrogen and oxygen atoms in total. The molecule has 0 fully saturated rings. The molecule has 0 spiro atoms. The average molecular weight is 391 g/mol. The van der Waals surface area contributed by atoms with Gasteiger partial charge in [0.05, 0.1) is 7.11 Å².